The summed E-state index contributed by atoms with van der Waals surface area (Å²) >= 11 is 0. The number of nitrogens with one attached hydrogen (secondary N) is 1. The Labute approximate surface area is 85.2 Å². The summed E-state index contributed by atoms with van der Waals surface area (Å²) in [6.45, 7) is 2.83. The number of ether oxygens (including phenoxy) is 1. The van der Waals surface area contributed by atoms with Crippen LogP contribution in [0.15, 0.2) is 0 Å². The van der Waals surface area contributed by atoms with E-state index in [2.05, 4.69) is 5.32 Å². The van der Waals surface area contributed by atoms with Crippen molar-refractivity contribution in [2.45, 2.75) is 25.7 Å². The summed E-state index contributed by atoms with van der Waals surface area (Å²) in [6.07, 6.45) is 4.03. The Morgan fingerprint density at radius 3 is 2.93 bits per heavy atom. The summed E-state index contributed by atoms with van der Waals surface area (Å²) < 4.78 is 5.15. The van der Waals surface area contributed by atoms with Gasteiger partial charge in [-0.1, -0.05) is 6.42 Å². The lowest BCUT2D eigenvalue weighted by Crippen LogP contribution is -2.31. The molecule has 0 aromatic rings. The summed E-state index contributed by atoms with van der Waals surface area (Å²) in [4.78, 5) is 11.5. The minimum atomic E-state index is 0.0875. The monoisotopic (exact) mass is 200 g/mol. The number of amides is 1. The van der Waals surface area contributed by atoms with Crippen LogP contribution >= 0.6 is 0 Å². The number of carbonyl (C=O) groups is 1. The molecule has 14 heavy (non-hydrogen) atoms. The van der Waals surface area contributed by atoms with Crippen molar-refractivity contribution in [1.82, 2.24) is 5.32 Å². The molecule has 82 valence electrons. The number of hydrogen-bond acceptors (Lipinski definition) is 3. The first-order valence-corrected chi connectivity index (χ1v) is 5.40. The molecule has 1 saturated heterocycles. The number of nitrogens with two attached hydrogens (primary N) is 1. The first-order chi connectivity index (χ1) is 6.84. The van der Waals surface area contributed by atoms with Gasteiger partial charge in [0.05, 0.1) is 12.5 Å². The van der Waals surface area contributed by atoms with E-state index in [9.17, 15) is 4.79 Å². The summed E-state index contributed by atoms with van der Waals surface area (Å²) in [6, 6.07) is 0. The Kier molecular flexibility index (Phi) is 5.56. The molecule has 0 spiro atoms. The molecule has 0 bridgehead atoms. The smallest absolute Gasteiger partial charge is 0.225 e. The summed E-state index contributed by atoms with van der Waals surface area (Å²) in [5.74, 6) is 0.236. The number of unbranched alkanes of at least 4 members (excludes halogenated alkanes) is 2. The quantitative estimate of drug-likeness (QED) is 0.605. The molecule has 0 radical (unpaired) electrons. The van der Waals surface area contributed by atoms with Crippen LogP contribution in [0.25, 0.3) is 0 Å². The van der Waals surface area contributed by atoms with Crippen molar-refractivity contribution in [2.75, 3.05) is 26.3 Å². The molecular formula is C10H20N2O2. The SMILES string of the molecule is NCCCCCNC(=O)C1CCOC1. The molecule has 1 fully saturated rings. The van der Waals surface area contributed by atoms with E-state index >= 15 is 0 Å². The minimum Gasteiger partial charge on any atom is -0.381 e. The van der Waals surface area contributed by atoms with Gasteiger partial charge in [0.1, 0.15) is 0 Å². The van der Waals surface area contributed by atoms with E-state index in [0.717, 1.165) is 45.4 Å². The van der Waals surface area contributed by atoms with Crippen molar-refractivity contribution < 1.29 is 9.53 Å². The summed E-state index contributed by atoms with van der Waals surface area (Å²) in [5.41, 5.74) is 5.37. The zero-order valence-electron chi connectivity index (χ0n) is 8.63. The van der Waals surface area contributed by atoms with E-state index in [1.165, 1.54) is 0 Å². The van der Waals surface area contributed by atoms with E-state index < -0.39 is 0 Å². The molecule has 1 rings (SSSR count). The van der Waals surface area contributed by atoms with E-state index in [4.69, 9.17) is 10.5 Å². The third-order valence-corrected chi connectivity index (χ3v) is 2.48. The topological polar surface area (TPSA) is 64.3 Å². The molecule has 4 nitrogen and oxygen atoms in total. The van der Waals surface area contributed by atoms with Crippen molar-refractivity contribution in [3.05, 3.63) is 0 Å². The second-order valence-electron chi connectivity index (χ2n) is 3.70. The average Bonchev–Trinajstić information content (AvgIpc) is 2.70. The lowest BCUT2D eigenvalue weighted by molar-refractivity contribution is -0.124. The van der Waals surface area contributed by atoms with Crippen molar-refractivity contribution in [3.63, 3.8) is 0 Å². The third kappa shape index (κ3) is 4.07. The molecule has 0 aromatic carbocycles. The van der Waals surface area contributed by atoms with Gasteiger partial charge in [0.25, 0.3) is 0 Å². The highest BCUT2D eigenvalue weighted by atomic mass is 16.5. The van der Waals surface area contributed by atoms with Crippen molar-refractivity contribution in [3.8, 4) is 0 Å². The van der Waals surface area contributed by atoms with Crippen LogP contribution in [0.4, 0.5) is 0 Å². The maximum Gasteiger partial charge on any atom is 0.225 e. The maximum absolute atomic E-state index is 11.5. The molecule has 1 heterocycles. The first kappa shape index (κ1) is 11.5. The van der Waals surface area contributed by atoms with E-state index in [1.54, 1.807) is 0 Å². The highest BCUT2D eigenvalue weighted by molar-refractivity contribution is 5.78. The van der Waals surface area contributed by atoms with Crippen LogP contribution in [0, 0.1) is 5.92 Å². The van der Waals surface area contributed by atoms with E-state index in [1.807, 2.05) is 0 Å². The number of rotatable bonds is 6. The van der Waals surface area contributed by atoms with Gasteiger partial charge in [-0.05, 0) is 25.8 Å². The van der Waals surface area contributed by atoms with Gasteiger partial charge < -0.3 is 15.8 Å². The Balaban J connectivity index is 1.97. The van der Waals surface area contributed by atoms with Gasteiger partial charge in [0.15, 0.2) is 0 Å². The van der Waals surface area contributed by atoms with Gasteiger partial charge in [-0.25, -0.2) is 0 Å². The van der Waals surface area contributed by atoms with Gasteiger partial charge in [0.2, 0.25) is 5.91 Å². The molecule has 1 unspecified atom stereocenters. The normalized spacial score (nSPS) is 21.1. The van der Waals surface area contributed by atoms with Crippen LogP contribution in [0.1, 0.15) is 25.7 Å². The Morgan fingerprint density at radius 1 is 1.43 bits per heavy atom. The van der Waals surface area contributed by atoms with Crippen molar-refractivity contribution in [1.29, 1.82) is 0 Å². The molecule has 0 aromatic heterocycles. The zero-order chi connectivity index (χ0) is 10.2. The van der Waals surface area contributed by atoms with E-state index in [0.29, 0.717) is 6.61 Å². The predicted molar refractivity (Wildman–Crippen MR) is 54.8 cm³/mol. The van der Waals surface area contributed by atoms with Crippen LogP contribution in [0.5, 0.6) is 0 Å². The Hall–Kier alpha value is -0.610. The van der Waals surface area contributed by atoms with Crippen molar-refractivity contribution >= 4 is 5.91 Å². The molecule has 1 aliphatic heterocycles. The fraction of sp³-hybridized carbons (Fsp3) is 0.900. The largest absolute Gasteiger partial charge is 0.381 e. The summed E-state index contributed by atoms with van der Waals surface area (Å²) in [7, 11) is 0. The second-order valence-corrected chi connectivity index (χ2v) is 3.70. The standard InChI is InChI=1S/C10H20N2O2/c11-5-2-1-3-6-12-10(13)9-4-7-14-8-9/h9H,1-8,11H2,(H,12,13). The number of carbonyl (C=O) groups excluding carboxylic acids is 1. The highest BCUT2D eigenvalue weighted by Gasteiger charge is 2.22. The molecular weight excluding hydrogens is 180 g/mol. The molecule has 0 aliphatic carbocycles. The Bertz CT molecular complexity index is 168. The van der Waals surface area contributed by atoms with Gasteiger partial charge in [-0.2, -0.15) is 0 Å². The fourth-order valence-electron chi connectivity index (χ4n) is 1.54. The predicted octanol–water partition coefficient (Wildman–Crippen LogP) is 0.268. The molecule has 0 saturated carbocycles. The summed E-state index contributed by atoms with van der Waals surface area (Å²) in [5, 5.41) is 2.92. The van der Waals surface area contributed by atoms with Gasteiger partial charge in [-0.3, -0.25) is 4.79 Å². The minimum absolute atomic E-state index is 0.0875. The average molecular weight is 200 g/mol. The second kappa shape index (κ2) is 6.79. The third-order valence-electron chi connectivity index (χ3n) is 2.48. The maximum atomic E-state index is 11.5. The lowest BCUT2D eigenvalue weighted by Gasteiger charge is -2.08. The molecule has 3 N–H and O–H groups in total. The van der Waals surface area contributed by atoms with E-state index in [-0.39, 0.29) is 11.8 Å². The van der Waals surface area contributed by atoms with Crippen molar-refractivity contribution in [2.24, 2.45) is 11.7 Å². The van der Waals surface area contributed by atoms with Crippen LogP contribution < -0.4 is 11.1 Å². The zero-order valence-corrected chi connectivity index (χ0v) is 8.63. The fourth-order valence-corrected chi connectivity index (χ4v) is 1.54. The molecule has 1 aliphatic rings. The van der Waals surface area contributed by atoms with Crippen LogP contribution in [0.2, 0.25) is 0 Å². The number of hydrogen-bond donors (Lipinski definition) is 2. The van der Waals surface area contributed by atoms with Crippen LogP contribution in [-0.4, -0.2) is 32.2 Å². The molecule has 1 atom stereocenters. The van der Waals surface area contributed by atoms with Crippen LogP contribution in [-0.2, 0) is 9.53 Å². The van der Waals surface area contributed by atoms with Gasteiger partial charge in [-0.15, -0.1) is 0 Å². The first-order valence-electron chi connectivity index (χ1n) is 5.40. The molecule has 1 amide bonds. The lowest BCUT2D eigenvalue weighted by atomic mass is 10.1. The Morgan fingerprint density at radius 2 is 2.29 bits per heavy atom. The highest BCUT2D eigenvalue weighted by Crippen LogP contribution is 2.11. The van der Waals surface area contributed by atoms with Gasteiger partial charge >= 0.3 is 0 Å². The van der Waals surface area contributed by atoms with Gasteiger partial charge in [0, 0.05) is 13.2 Å². The molecule has 4 heteroatoms. The van der Waals surface area contributed by atoms with Crippen LogP contribution in [0.3, 0.4) is 0 Å².